The standard InChI is InChI=1S/C36H32N6O2S.C31H24N6S/c1-35(2,3)44-34(43)41-36(19-9-20-36)23-17-15-22(16-18-23)30-29(33-39-26-12-6-7-14-28(26)45-33)40-32-24-10-4-5-11-25(24)38-31-27(42(30)32)13-8-21-37-31;32-31(16-6-17-31)20-14-12-19(13-15-20)27-26(30-35-23-9-3-4-11-25(23)38-30)36-29-21-7-1-2-8-22(21)34-28-24(37(27)29)10-5-18-33-28/h4-8,10-18,21H,9,19-20H2,1-3H3,(H,37,38)(H,41,43);1-5,7-15,18H,6,16-17,32H2,(H,33,34). The van der Waals surface area contributed by atoms with Crippen LogP contribution in [0, 0.1) is 0 Å². The van der Waals surface area contributed by atoms with E-state index in [-0.39, 0.29) is 11.6 Å². The normalized spacial score (nSPS) is 14.9. The Kier molecular flexibility index (Phi) is 12.0. The summed E-state index contributed by atoms with van der Waals surface area (Å²) in [6.45, 7) is 5.65. The fourth-order valence-electron chi connectivity index (χ4n) is 11.9. The van der Waals surface area contributed by atoms with Crippen molar-refractivity contribution in [3.8, 4) is 78.1 Å². The maximum Gasteiger partial charge on any atom is 0.408 e. The van der Waals surface area contributed by atoms with Crippen molar-refractivity contribution < 1.29 is 9.53 Å². The van der Waals surface area contributed by atoms with E-state index in [0.717, 1.165) is 159 Å². The molecular formula is C67H56N12O2S2. The molecule has 0 spiro atoms. The smallest absolute Gasteiger partial charge is 0.408 e. The molecule has 5 N–H and O–H groups in total. The van der Waals surface area contributed by atoms with Crippen LogP contribution in [0.1, 0.15) is 70.4 Å². The molecule has 0 atom stereocenters. The van der Waals surface area contributed by atoms with Crippen LogP contribution in [-0.4, -0.2) is 50.7 Å². The third kappa shape index (κ3) is 8.83. The monoisotopic (exact) mass is 1120 g/mol. The second-order valence-corrected chi connectivity index (χ2v) is 24.8. The van der Waals surface area contributed by atoms with Gasteiger partial charge in [-0.15, -0.1) is 22.7 Å². The summed E-state index contributed by atoms with van der Waals surface area (Å²) in [6.07, 6.45) is 9.27. The van der Waals surface area contributed by atoms with E-state index in [2.05, 4.69) is 134 Å². The van der Waals surface area contributed by atoms with Crippen molar-refractivity contribution in [3.63, 3.8) is 0 Å². The number of amides is 1. The Bertz CT molecular complexity index is 4440. The number of hydrogen-bond donors (Lipinski definition) is 4. The van der Waals surface area contributed by atoms with Crippen molar-refractivity contribution in [2.45, 2.75) is 76.0 Å². The third-order valence-electron chi connectivity index (χ3n) is 16.3. The van der Waals surface area contributed by atoms with Crippen LogP contribution in [0.3, 0.4) is 0 Å². The molecule has 83 heavy (non-hydrogen) atoms. The van der Waals surface area contributed by atoms with Gasteiger partial charge in [0.25, 0.3) is 0 Å². The van der Waals surface area contributed by atoms with E-state index in [4.69, 9.17) is 40.4 Å². The lowest BCUT2D eigenvalue weighted by Gasteiger charge is -2.43. The molecule has 0 saturated heterocycles. The van der Waals surface area contributed by atoms with E-state index in [9.17, 15) is 4.79 Å². The number of para-hydroxylation sites is 4. The molecule has 14 nitrogen and oxygen atoms in total. The summed E-state index contributed by atoms with van der Waals surface area (Å²) in [6, 6.07) is 58.2. The molecule has 0 radical (unpaired) electrons. The number of nitrogens with two attached hydrogens (primary N) is 1. The van der Waals surface area contributed by atoms with Crippen molar-refractivity contribution in [2.24, 2.45) is 5.73 Å². The number of thiazole rings is 2. The fourth-order valence-corrected chi connectivity index (χ4v) is 13.8. The number of rotatable bonds is 7. The Hall–Kier alpha value is -9.35. The molecular weight excluding hydrogens is 1070 g/mol. The molecule has 0 bridgehead atoms. The Morgan fingerprint density at radius 2 is 1.01 bits per heavy atom. The van der Waals surface area contributed by atoms with E-state index < -0.39 is 11.1 Å². The maximum atomic E-state index is 12.8. The summed E-state index contributed by atoms with van der Waals surface area (Å²) in [5, 5.41) is 12.0. The lowest BCUT2D eigenvalue weighted by atomic mass is 9.71. The van der Waals surface area contributed by atoms with Crippen molar-refractivity contribution in [1.29, 1.82) is 0 Å². The van der Waals surface area contributed by atoms with Gasteiger partial charge < -0.3 is 26.4 Å². The number of pyridine rings is 2. The number of aromatic nitrogens is 8. The number of imidazole rings is 2. The predicted octanol–water partition coefficient (Wildman–Crippen LogP) is 16.1. The van der Waals surface area contributed by atoms with Crippen molar-refractivity contribution in [3.05, 3.63) is 193 Å². The average Bonchev–Trinajstić information content (AvgIpc) is 3.56. The zero-order chi connectivity index (χ0) is 56.0. The van der Waals surface area contributed by atoms with Gasteiger partial charge in [0.2, 0.25) is 0 Å². The Balaban J connectivity index is 0.000000144. The van der Waals surface area contributed by atoms with Gasteiger partial charge in [-0.2, -0.15) is 0 Å². The average molecular weight is 1130 g/mol. The van der Waals surface area contributed by atoms with Crippen LogP contribution >= 0.6 is 22.7 Å². The third-order valence-corrected chi connectivity index (χ3v) is 18.4. The quantitative estimate of drug-likeness (QED) is 0.119. The zero-order valence-electron chi connectivity index (χ0n) is 45.9. The molecule has 2 saturated carbocycles. The predicted molar refractivity (Wildman–Crippen MR) is 333 cm³/mol. The fraction of sp³-hybridized carbons (Fsp3) is 0.179. The SMILES string of the molecule is CC(C)(C)OC(=O)NC1(c2ccc(-c3c(-c4nc5ccccc5s4)nc4n3-c3cccnc3Nc3ccccc3-4)cc2)CCC1.NC1(c2ccc(-c3c(-c4nc5ccccc5s4)nc4n3-c3cccnc3Nc3ccccc3-4)cc2)CCC1. The summed E-state index contributed by atoms with van der Waals surface area (Å²) >= 11 is 3.31. The van der Waals surface area contributed by atoms with Gasteiger partial charge in [0.05, 0.1) is 60.1 Å². The topological polar surface area (TPSA) is 176 Å². The number of hydrogen-bond acceptors (Lipinski definition) is 13. The molecule has 8 heterocycles. The molecule has 16 heteroatoms. The summed E-state index contributed by atoms with van der Waals surface area (Å²) in [4.78, 5) is 42.9. The van der Waals surface area contributed by atoms with Gasteiger partial charge in [-0.25, -0.2) is 34.7 Å². The second kappa shape index (κ2) is 19.7. The number of fused-ring (bicyclic) bond motifs is 12. The number of carbonyl (C=O) groups excluding carboxylic acids is 1. The molecule has 1 amide bonds. The number of anilines is 4. The van der Waals surface area contributed by atoms with E-state index in [1.165, 1.54) is 12.0 Å². The first-order valence-electron chi connectivity index (χ1n) is 28.1. The maximum absolute atomic E-state index is 12.8. The number of nitrogens with one attached hydrogen (secondary N) is 3. The molecule has 4 aliphatic rings. The minimum atomic E-state index is -0.561. The number of nitrogens with zero attached hydrogens (tertiary/aromatic N) is 8. The Morgan fingerprint density at radius 3 is 1.46 bits per heavy atom. The second-order valence-electron chi connectivity index (χ2n) is 22.7. The number of alkyl carbamates (subject to hydrolysis) is 1. The van der Waals surface area contributed by atoms with Gasteiger partial charge in [0.1, 0.15) is 38.7 Å². The zero-order valence-corrected chi connectivity index (χ0v) is 47.5. The molecule has 408 valence electrons. The van der Waals surface area contributed by atoms with Crippen LogP contribution in [0.15, 0.2) is 182 Å². The molecule has 2 fully saturated rings. The van der Waals surface area contributed by atoms with Crippen LogP contribution in [-0.2, 0) is 15.8 Å². The highest BCUT2D eigenvalue weighted by molar-refractivity contribution is 7.22. The molecule has 2 aliphatic carbocycles. The van der Waals surface area contributed by atoms with Gasteiger partial charge >= 0.3 is 6.09 Å². The van der Waals surface area contributed by atoms with Crippen LogP contribution in [0.4, 0.5) is 27.8 Å². The molecule has 2 aliphatic heterocycles. The lowest BCUT2D eigenvalue weighted by molar-refractivity contribution is 0.0377. The Morgan fingerprint density at radius 1 is 0.554 bits per heavy atom. The van der Waals surface area contributed by atoms with E-state index in [1.54, 1.807) is 28.9 Å². The Labute approximate surface area is 487 Å². The van der Waals surface area contributed by atoms with Crippen molar-refractivity contribution in [2.75, 3.05) is 10.6 Å². The summed E-state index contributed by atoms with van der Waals surface area (Å²) in [5.74, 6) is 3.23. The highest BCUT2D eigenvalue weighted by Gasteiger charge is 2.42. The minimum absolute atomic E-state index is 0.206. The summed E-state index contributed by atoms with van der Waals surface area (Å²) in [7, 11) is 0. The molecule has 12 aromatic rings. The molecule has 0 unspecified atom stereocenters. The highest BCUT2D eigenvalue weighted by atomic mass is 32.1. The van der Waals surface area contributed by atoms with Crippen molar-refractivity contribution in [1.82, 2.24) is 44.4 Å². The molecule has 6 aromatic heterocycles. The number of benzene rings is 6. The highest BCUT2D eigenvalue weighted by Crippen LogP contribution is 2.49. The largest absolute Gasteiger partial charge is 0.444 e. The van der Waals surface area contributed by atoms with Crippen LogP contribution in [0.25, 0.3) is 98.5 Å². The summed E-state index contributed by atoms with van der Waals surface area (Å²) < 4.78 is 12.3. The van der Waals surface area contributed by atoms with Gasteiger partial charge in [-0.3, -0.25) is 9.13 Å². The van der Waals surface area contributed by atoms with Crippen molar-refractivity contribution >= 4 is 72.2 Å². The van der Waals surface area contributed by atoms with Crippen LogP contribution < -0.4 is 21.7 Å². The molecule has 6 aromatic carbocycles. The van der Waals surface area contributed by atoms with Gasteiger partial charge in [0.15, 0.2) is 11.6 Å². The summed E-state index contributed by atoms with van der Waals surface area (Å²) in [5.41, 5.74) is 21.1. The number of carbonyl (C=O) groups is 1. The van der Waals surface area contributed by atoms with Gasteiger partial charge in [0, 0.05) is 40.2 Å². The van der Waals surface area contributed by atoms with E-state index >= 15 is 0 Å². The van der Waals surface area contributed by atoms with Crippen LogP contribution in [0.2, 0.25) is 0 Å². The number of ether oxygens (including phenoxy) is 1. The first kappa shape index (κ1) is 50.6. The van der Waals surface area contributed by atoms with Gasteiger partial charge in [-0.1, -0.05) is 97.1 Å². The van der Waals surface area contributed by atoms with E-state index in [1.807, 2.05) is 87.6 Å². The minimum Gasteiger partial charge on any atom is -0.444 e. The van der Waals surface area contributed by atoms with Crippen LogP contribution in [0.5, 0.6) is 0 Å². The molecule has 16 rings (SSSR count). The van der Waals surface area contributed by atoms with Gasteiger partial charge in [-0.05, 0) is 143 Å². The lowest BCUT2D eigenvalue weighted by Crippen LogP contribution is -2.52. The first-order chi connectivity index (χ1) is 40.5. The van der Waals surface area contributed by atoms with E-state index in [0.29, 0.717) is 0 Å². The first-order valence-corrected chi connectivity index (χ1v) is 29.7.